The number of hydrogen-bond donors (Lipinski definition) is 0. The second kappa shape index (κ2) is 56.3. The fourth-order valence-corrected chi connectivity index (χ4v) is 1.25. The maximum atomic E-state index is 2.16. The Morgan fingerprint density at radius 1 is 0.444 bits per heavy atom. The topological polar surface area (TPSA) is 0 Å². The van der Waals surface area contributed by atoms with Gasteiger partial charge in [-0.15, -0.1) is 0 Å². The van der Waals surface area contributed by atoms with E-state index in [-0.39, 0.29) is 0 Å². The monoisotopic (exact) mass is 378 g/mol. The zero-order valence-corrected chi connectivity index (χ0v) is 21.5. The molecule has 0 bridgehead atoms. The van der Waals surface area contributed by atoms with E-state index in [0.29, 0.717) is 0 Å². The first-order valence-electron chi connectivity index (χ1n) is 11.4. The summed E-state index contributed by atoms with van der Waals surface area (Å²) in [5.74, 6) is 0. The van der Waals surface area contributed by atoms with Crippen molar-refractivity contribution < 1.29 is 0 Å². The van der Waals surface area contributed by atoms with E-state index >= 15 is 0 Å². The maximum Gasteiger partial charge on any atom is -0.0307 e. The normalized spacial score (nSPS) is 6.30. The molecule has 0 aliphatic carbocycles. The van der Waals surface area contributed by atoms with E-state index in [1.807, 2.05) is 107 Å². The lowest BCUT2D eigenvalue weighted by Crippen LogP contribution is -1.73. The van der Waals surface area contributed by atoms with Gasteiger partial charge in [0.15, 0.2) is 0 Å². The molecule has 0 heteroatoms. The summed E-state index contributed by atoms with van der Waals surface area (Å²) >= 11 is 0. The van der Waals surface area contributed by atoms with E-state index in [1.54, 1.807) is 0 Å². The number of hydrogen-bond acceptors (Lipinski definition) is 0. The summed E-state index contributed by atoms with van der Waals surface area (Å²) < 4.78 is 0. The van der Waals surface area contributed by atoms with E-state index < -0.39 is 0 Å². The molecule has 0 nitrogen and oxygen atoms in total. The first kappa shape index (κ1) is 40.2. The van der Waals surface area contributed by atoms with E-state index in [0.717, 1.165) is 6.42 Å². The lowest BCUT2D eigenvalue weighted by atomic mass is 10.2. The fraction of sp³-hybridized carbons (Fsp3) is 0.556. The van der Waals surface area contributed by atoms with Gasteiger partial charge in [0.05, 0.1) is 0 Å². The zero-order chi connectivity index (χ0) is 22.9. The average Bonchev–Trinajstić information content (AvgIpc) is 2.83. The van der Waals surface area contributed by atoms with Crippen molar-refractivity contribution in [2.75, 3.05) is 0 Å². The highest BCUT2D eigenvalue weighted by Crippen LogP contribution is 1.96. The summed E-state index contributed by atoms with van der Waals surface area (Å²) in [6, 6.07) is 20.7. The molecule has 2 aromatic carbocycles. The Balaban J connectivity index is -0.0000000531. The van der Waals surface area contributed by atoms with Crippen molar-refractivity contribution in [3.05, 3.63) is 71.8 Å². The SMILES string of the molecule is CC.CC.CC.CC.CC.CC.CCc1ccccc1.Cc1ccccc1. The van der Waals surface area contributed by atoms with Crippen LogP contribution in [-0.2, 0) is 6.42 Å². The summed E-state index contributed by atoms with van der Waals surface area (Å²) in [6.45, 7) is 28.2. The summed E-state index contributed by atoms with van der Waals surface area (Å²) in [5.41, 5.74) is 2.73. The lowest BCUT2D eigenvalue weighted by Gasteiger charge is -1.89. The molecule has 0 unspecified atom stereocenters. The van der Waals surface area contributed by atoms with Crippen molar-refractivity contribution in [2.24, 2.45) is 0 Å². The van der Waals surface area contributed by atoms with Crippen LogP contribution >= 0.6 is 0 Å². The highest BCUT2D eigenvalue weighted by atomic mass is 13.9. The first-order chi connectivity index (χ1) is 13.3. The smallest absolute Gasteiger partial charge is 0.0307 e. The van der Waals surface area contributed by atoms with Crippen molar-refractivity contribution in [3.63, 3.8) is 0 Å². The Kier molecular flexibility index (Phi) is 83.9. The van der Waals surface area contributed by atoms with Crippen LogP contribution in [0.4, 0.5) is 0 Å². The van der Waals surface area contributed by atoms with E-state index in [9.17, 15) is 0 Å². The Morgan fingerprint density at radius 2 is 0.704 bits per heavy atom. The maximum absolute atomic E-state index is 2.16. The molecule has 0 aromatic heterocycles. The zero-order valence-electron chi connectivity index (χ0n) is 21.5. The van der Waals surface area contributed by atoms with Gasteiger partial charge in [0.1, 0.15) is 0 Å². The van der Waals surface area contributed by atoms with Gasteiger partial charge in [0.2, 0.25) is 0 Å². The van der Waals surface area contributed by atoms with Gasteiger partial charge in [-0.3, -0.25) is 0 Å². The third-order valence-corrected chi connectivity index (χ3v) is 2.19. The summed E-state index contributed by atoms with van der Waals surface area (Å²) in [4.78, 5) is 0. The van der Waals surface area contributed by atoms with Crippen LogP contribution < -0.4 is 0 Å². The third kappa shape index (κ3) is 45.5. The molecule has 0 saturated heterocycles. The molecule has 0 radical (unpaired) electrons. The van der Waals surface area contributed by atoms with Crippen LogP contribution in [0.15, 0.2) is 60.7 Å². The van der Waals surface area contributed by atoms with Gasteiger partial charge < -0.3 is 0 Å². The molecule has 0 aliphatic heterocycles. The molecule has 0 aliphatic rings. The largest absolute Gasteiger partial charge is 0.0683 e. The quantitative estimate of drug-likeness (QED) is 0.463. The van der Waals surface area contributed by atoms with Gasteiger partial charge in [0, 0.05) is 0 Å². The van der Waals surface area contributed by atoms with Gasteiger partial charge in [-0.05, 0) is 18.9 Å². The number of aryl methyl sites for hydroxylation is 2. The number of benzene rings is 2. The van der Waals surface area contributed by atoms with Crippen LogP contribution in [0.25, 0.3) is 0 Å². The highest BCUT2D eigenvalue weighted by Gasteiger charge is 1.80. The van der Waals surface area contributed by atoms with Crippen molar-refractivity contribution in [3.8, 4) is 0 Å². The molecule has 0 atom stereocenters. The number of rotatable bonds is 1. The second-order valence-electron chi connectivity index (χ2n) is 3.49. The van der Waals surface area contributed by atoms with Crippen LogP contribution in [0.1, 0.15) is 101 Å². The van der Waals surface area contributed by atoms with Crippen molar-refractivity contribution >= 4 is 0 Å². The first-order valence-corrected chi connectivity index (χ1v) is 11.4. The lowest BCUT2D eigenvalue weighted by molar-refractivity contribution is 1.14. The summed E-state index contributed by atoms with van der Waals surface area (Å²) in [5, 5.41) is 0. The van der Waals surface area contributed by atoms with Crippen LogP contribution in [0, 0.1) is 6.92 Å². The predicted molar refractivity (Wildman–Crippen MR) is 135 cm³/mol. The van der Waals surface area contributed by atoms with Gasteiger partial charge in [-0.25, -0.2) is 0 Å². The van der Waals surface area contributed by atoms with Gasteiger partial charge in [-0.2, -0.15) is 0 Å². The van der Waals surface area contributed by atoms with Crippen molar-refractivity contribution in [2.45, 2.75) is 103 Å². The fourth-order valence-electron chi connectivity index (χ4n) is 1.25. The van der Waals surface area contributed by atoms with Gasteiger partial charge in [0.25, 0.3) is 0 Å². The molecular weight excluding hydrogens is 324 g/mol. The molecule has 0 heterocycles. The molecule has 2 rings (SSSR count). The van der Waals surface area contributed by atoms with Gasteiger partial charge in [-0.1, -0.05) is 156 Å². The molecule has 0 N–H and O–H groups in total. The minimum atomic E-state index is 1.14. The average molecular weight is 379 g/mol. The standard InChI is InChI=1S/C8H10.C7H8.6C2H6/c1-2-8-6-4-3-5-7-8;1-7-5-3-2-4-6-7;6*1-2/h3-7H,2H2,1H3;2-6H,1H3;6*1-2H3. The molecule has 0 spiro atoms. The Labute approximate surface area is 175 Å². The van der Waals surface area contributed by atoms with E-state index in [4.69, 9.17) is 0 Å². The second-order valence-corrected chi connectivity index (χ2v) is 3.49. The van der Waals surface area contributed by atoms with E-state index in [2.05, 4.69) is 50.2 Å². The van der Waals surface area contributed by atoms with Crippen molar-refractivity contribution in [1.29, 1.82) is 0 Å². The molecule has 27 heavy (non-hydrogen) atoms. The Morgan fingerprint density at radius 3 is 0.852 bits per heavy atom. The minimum absolute atomic E-state index is 1.14. The molecule has 2 aromatic rings. The molecule has 0 saturated carbocycles. The van der Waals surface area contributed by atoms with Crippen LogP contribution in [0.5, 0.6) is 0 Å². The van der Waals surface area contributed by atoms with Crippen LogP contribution in [0.3, 0.4) is 0 Å². The van der Waals surface area contributed by atoms with Crippen molar-refractivity contribution in [1.82, 2.24) is 0 Å². The summed E-state index contributed by atoms with van der Waals surface area (Å²) in [6.07, 6.45) is 1.14. The Hall–Kier alpha value is -1.56. The van der Waals surface area contributed by atoms with Crippen LogP contribution in [0.2, 0.25) is 0 Å². The molecule has 0 amide bonds. The highest BCUT2D eigenvalue weighted by molar-refractivity contribution is 5.14. The summed E-state index contributed by atoms with van der Waals surface area (Å²) in [7, 11) is 0. The molecular formula is C27H54. The predicted octanol–water partition coefficient (Wildman–Crippen LogP) is 10.4. The molecule has 0 fully saturated rings. The van der Waals surface area contributed by atoms with Crippen LogP contribution in [-0.4, -0.2) is 0 Å². The minimum Gasteiger partial charge on any atom is -0.0683 e. The third-order valence-electron chi connectivity index (χ3n) is 2.19. The van der Waals surface area contributed by atoms with Gasteiger partial charge >= 0.3 is 0 Å². The Bertz CT molecular complexity index is 348. The van der Waals surface area contributed by atoms with E-state index in [1.165, 1.54) is 11.1 Å². The molecule has 162 valence electrons.